The Labute approximate surface area is 107 Å². The molecule has 0 radical (unpaired) electrons. The predicted octanol–water partition coefficient (Wildman–Crippen LogP) is 2.11. The van der Waals surface area contributed by atoms with Gasteiger partial charge in [0.25, 0.3) is 0 Å². The largest absolute Gasteiger partial charge is 0.504 e. The summed E-state index contributed by atoms with van der Waals surface area (Å²) in [5, 5.41) is 19.4. The number of likely N-dealkylation sites (tertiary alicyclic amines) is 1. The molecule has 0 aromatic heterocycles. The standard InChI is InChI=1S/C13H17NO2.ClH/c1-14-6-8-2-3-10-9(11(8)7-14)4-5-12(15)13(10)16;/h4-5,8,11,15-16H,2-3,6-7H2,1H3;1H/t8-,11-;/m0./s1. The number of likely N-dealkylation sites (N-methyl/N-ethyl adjacent to an activating group) is 1. The van der Waals surface area contributed by atoms with Crippen molar-refractivity contribution in [2.24, 2.45) is 5.92 Å². The number of hydrogen-bond acceptors (Lipinski definition) is 3. The van der Waals surface area contributed by atoms with Gasteiger partial charge in [0.05, 0.1) is 0 Å². The van der Waals surface area contributed by atoms with E-state index >= 15 is 0 Å². The maximum atomic E-state index is 9.87. The van der Waals surface area contributed by atoms with Gasteiger partial charge in [-0.3, -0.25) is 0 Å². The van der Waals surface area contributed by atoms with Crippen molar-refractivity contribution in [1.82, 2.24) is 4.90 Å². The lowest BCUT2D eigenvalue weighted by atomic mass is 9.77. The van der Waals surface area contributed by atoms with Crippen LogP contribution in [0.25, 0.3) is 0 Å². The van der Waals surface area contributed by atoms with Gasteiger partial charge in [-0.15, -0.1) is 12.4 Å². The van der Waals surface area contributed by atoms with E-state index in [1.54, 1.807) is 6.07 Å². The number of rotatable bonds is 0. The van der Waals surface area contributed by atoms with Crippen molar-refractivity contribution in [3.05, 3.63) is 23.3 Å². The Morgan fingerprint density at radius 3 is 2.76 bits per heavy atom. The Kier molecular flexibility index (Phi) is 3.23. The van der Waals surface area contributed by atoms with Crippen LogP contribution in [0, 0.1) is 5.92 Å². The molecule has 0 spiro atoms. The highest BCUT2D eigenvalue weighted by Gasteiger charge is 2.37. The van der Waals surface area contributed by atoms with Crippen molar-refractivity contribution in [3.63, 3.8) is 0 Å². The third kappa shape index (κ3) is 1.87. The van der Waals surface area contributed by atoms with Gasteiger partial charge in [0, 0.05) is 24.6 Å². The van der Waals surface area contributed by atoms with Crippen molar-refractivity contribution in [3.8, 4) is 11.5 Å². The number of hydrogen-bond donors (Lipinski definition) is 2. The lowest BCUT2D eigenvalue weighted by Gasteiger charge is -2.28. The fraction of sp³-hybridized carbons (Fsp3) is 0.538. The van der Waals surface area contributed by atoms with Gasteiger partial charge in [0.1, 0.15) is 0 Å². The van der Waals surface area contributed by atoms with Crippen LogP contribution in [0.3, 0.4) is 0 Å². The smallest absolute Gasteiger partial charge is 0.160 e. The number of aromatic hydroxyl groups is 2. The summed E-state index contributed by atoms with van der Waals surface area (Å²) in [6.45, 7) is 2.23. The second-order valence-corrected chi connectivity index (χ2v) is 5.13. The number of phenolic OH excluding ortho intramolecular Hbond substituents is 2. The van der Waals surface area contributed by atoms with Crippen molar-refractivity contribution in [1.29, 1.82) is 0 Å². The van der Waals surface area contributed by atoms with Gasteiger partial charge >= 0.3 is 0 Å². The van der Waals surface area contributed by atoms with Crippen LogP contribution in [-0.4, -0.2) is 35.3 Å². The molecule has 1 aliphatic heterocycles. The molecule has 94 valence electrons. The first-order valence-electron chi connectivity index (χ1n) is 5.89. The monoisotopic (exact) mass is 255 g/mol. The molecule has 2 atom stereocenters. The molecule has 17 heavy (non-hydrogen) atoms. The number of fused-ring (bicyclic) bond motifs is 3. The molecule has 0 amide bonds. The number of nitrogens with zero attached hydrogens (tertiary/aromatic N) is 1. The van der Waals surface area contributed by atoms with Gasteiger partial charge in [0.15, 0.2) is 11.5 Å². The minimum absolute atomic E-state index is 0. The Morgan fingerprint density at radius 2 is 2.00 bits per heavy atom. The third-order valence-corrected chi connectivity index (χ3v) is 4.09. The van der Waals surface area contributed by atoms with Crippen LogP contribution in [0.5, 0.6) is 11.5 Å². The van der Waals surface area contributed by atoms with Gasteiger partial charge in [-0.05, 0) is 37.4 Å². The molecule has 2 N–H and O–H groups in total. The van der Waals surface area contributed by atoms with E-state index in [0.717, 1.165) is 37.4 Å². The normalized spacial score (nSPS) is 27.1. The van der Waals surface area contributed by atoms with E-state index in [1.807, 2.05) is 6.07 Å². The summed E-state index contributed by atoms with van der Waals surface area (Å²) in [6.07, 6.45) is 2.02. The van der Waals surface area contributed by atoms with E-state index in [0.29, 0.717) is 5.92 Å². The third-order valence-electron chi connectivity index (χ3n) is 4.09. The topological polar surface area (TPSA) is 43.7 Å². The number of benzene rings is 1. The molecule has 1 aromatic rings. The Bertz CT molecular complexity index is 436. The van der Waals surface area contributed by atoms with Crippen molar-refractivity contribution >= 4 is 12.4 Å². The lowest BCUT2D eigenvalue weighted by molar-refractivity contribution is 0.375. The summed E-state index contributed by atoms with van der Waals surface area (Å²) in [4.78, 5) is 2.36. The quantitative estimate of drug-likeness (QED) is 0.698. The molecular formula is C13H18ClNO2. The minimum Gasteiger partial charge on any atom is -0.504 e. The van der Waals surface area contributed by atoms with Crippen LogP contribution < -0.4 is 0 Å². The second-order valence-electron chi connectivity index (χ2n) is 5.13. The zero-order valence-corrected chi connectivity index (χ0v) is 10.7. The molecule has 0 saturated carbocycles. The summed E-state index contributed by atoms with van der Waals surface area (Å²) in [7, 11) is 2.15. The molecule has 3 rings (SSSR count). The lowest BCUT2D eigenvalue weighted by Crippen LogP contribution is -2.18. The van der Waals surface area contributed by atoms with E-state index in [1.165, 1.54) is 5.56 Å². The van der Waals surface area contributed by atoms with Gasteiger partial charge in [0.2, 0.25) is 0 Å². The first-order chi connectivity index (χ1) is 7.66. The van der Waals surface area contributed by atoms with E-state index in [-0.39, 0.29) is 23.9 Å². The van der Waals surface area contributed by atoms with Crippen LogP contribution in [0.4, 0.5) is 0 Å². The van der Waals surface area contributed by atoms with Crippen LogP contribution in [-0.2, 0) is 6.42 Å². The van der Waals surface area contributed by atoms with Crippen molar-refractivity contribution in [2.75, 3.05) is 20.1 Å². The maximum absolute atomic E-state index is 9.87. The number of phenols is 2. The van der Waals surface area contributed by atoms with Gasteiger partial charge in [-0.2, -0.15) is 0 Å². The molecule has 1 aliphatic carbocycles. The zero-order valence-electron chi connectivity index (χ0n) is 9.89. The molecule has 1 saturated heterocycles. The molecule has 1 heterocycles. The second kappa shape index (κ2) is 4.39. The molecule has 4 heteroatoms. The van der Waals surface area contributed by atoms with Crippen molar-refractivity contribution in [2.45, 2.75) is 18.8 Å². The van der Waals surface area contributed by atoms with Crippen molar-refractivity contribution < 1.29 is 10.2 Å². The average molecular weight is 256 g/mol. The van der Waals surface area contributed by atoms with Gasteiger partial charge < -0.3 is 15.1 Å². The fourth-order valence-electron chi connectivity index (χ4n) is 3.31. The molecule has 2 aliphatic rings. The summed E-state index contributed by atoms with van der Waals surface area (Å²) in [5.74, 6) is 1.38. The summed E-state index contributed by atoms with van der Waals surface area (Å²) in [5.41, 5.74) is 2.22. The van der Waals surface area contributed by atoms with Gasteiger partial charge in [-0.25, -0.2) is 0 Å². The first kappa shape index (κ1) is 12.5. The summed E-state index contributed by atoms with van der Waals surface area (Å²) >= 11 is 0. The highest BCUT2D eigenvalue weighted by Crippen LogP contribution is 2.45. The molecule has 1 fully saturated rings. The predicted molar refractivity (Wildman–Crippen MR) is 69.1 cm³/mol. The van der Waals surface area contributed by atoms with Gasteiger partial charge in [-0.1, -0.05) is 6.07 Å². The van der Waals surface area contributed by atoms with Crippen LogP contribution >= 0.6 is 12.4 Å². The molecular weight excluding hydrogens is 238 g/mol. The Balaban J connectivity index is 0.00000108. The van der Waals surface area contributed by atoms with E-state index < -0.39 is 0 Å². The maximum Gasteiger partial charge on any atom is 0.160 e. The number of halogens is 1. The molecule has 1 aromatic carbocycles. The van der Waals surface area contributed by atoms with Crippen LogP contribution in [0.1, 0.15) is 23.5 Å². The Morgan fingerprint density at radius 1 is 1.24 bits per heavy atom. The van der Waals surface area contributed by atoms with Crippen LogP contribution in [0.15, 0.2) is 12.1 Å². The highest BCUT2D eigenvalue weighted by atomic mass is 35.5. The highest BCUT2D eigenvalue weighted by molar-refractivity contribution is 5.85. The zero-order chi connectivity index (χ0) is 11.3. The van der Waals surface area contributed by atoms with E-state index in [2.05, 4.69) is 11.9 Å². The summed E-state index contributed by atoms with van der Waals surface area (Å²) < 4.78 is 0. The Hall–Kier alpha value is -0.930. The molecule has 3 nitrogen and oxygen atoms in total. The molecule has 0 bridgehead atoms. The fourth-order valence-corrected chi connectivity index (χ4v) is 3.31. The van der Waals surface area contributed by atoms with Crippen LogP contribution in [0.2, 0.25) is 0 Å². The average Bonchev–Trinajstić information content (AvgIpc) is 2.63. The van der Waals surface area contributed by atoms with E-state index in [9.17, 15) is 10.2 Å². The SMILES string of the molecule is CN1C[C@@H]2CCc3c(ccc(O)c3O)[C@H]2C1.Cl. The summed E-state index contributed by atoms with van der Waals surface area (Å²) in [6, 6.07) is 3.61. The first-order valence-corrected chi connectivity index (χ1v) is 5.89. The molecule has 0 unspecified atom stereocenters. The minimum atomic E-state index is 0. The van der Waals surface area contributed by atoms with E-state index in [4.69, 9.17) is 0 Å².